The van der Waals surface area contributed by atoms with Gasteiger partial charge in [-0.3, -0.25) is 9.69 Å². The normalized spacial score (nSPS) is 17.2. The quantitative estimate of drug-likeness (QED) is 0.838. The van der Waals surface area contributed by atoms with Gasteiger partial charge in [-0.15, -0.1) is 0 Å². The zero-order valence-electron chi connectivity index (χ0n) is 15.2. The van der Waals surface area contributed by atoms with Crippen LogP contribution in [0.4, 0.5) is 5.82 Å². The molecular weight excluding hydrogens is 352 g/mol. The molecule has 2 heterocycles. The van der Waals surface area contributed by atoms with Gasteiger partial charge in [0.1, 0.15) is 5.82 Å². The maximum Gasteiger partial charge on any atom is 0.258 e. The number of hydrogen-bond acceptors (Lipinski definition) is 4. The van der Waals surface area contributed by atoms with Crippen LogP contribution in [0.15, 0.2) is 36.5 Å². The smallest absolute Gasteiger partial charge is 0.258 e. The highest BCUT2D eigenvalue weighted by atomic mass is 35.5. The zero-order chi connectivity index (χ0) is 18.5. The number of anilines is 1. The van der Waals surface area contributed by atoms with Gasteiger partial charge in [-0.05, 0) is 31.9 Å². The number of nitrogens with zero attached hydrogens (tertiary/aromatic N) is 3. The lowest BCUT2D eigenvalue weighted by molar-refractivity contribution is 0.0736. The second-order valence-electron chi connectivity index (χ2n) is 6.67. The third-order valence-corrected chi connectivity index (χ3v) is 5.24. The van der Waals surface area contributed by atoms with Crippen LogP contribution in [0.3, 0.4) is 0 Å². The molecule has 3 rings (SSSR count). The van der Waals surface area contributed by atoms with E-state index in [4.69, 9.17) is 16.3 Å². The van der Waals surface area contributed by atoms with Crippen LogP contribution in [-0.2, 0) is 4.74 Å². The van der Waals surface area contributed by atoms with Crippen LogP contribution < -0.4 is 5.32 Å². The van der Waals surface area contributed by atoms with Crippen LogP contribution in [0.5, 0.6) is 0 Å². The number of benzene rings is 1. The van der Waals surface area contributed by atoms with Crippen molar-refractivity contribution in [2.75, 3.05) is 32.1 Å². The van der Waals surface area contributed by atoms with E-state index in [1.807, 2.05) is 16.8 Å². The molecule has 1 aliphatic heterocycles. The zero-order valence-corrected chi connectivity index (χ0v) is 15.9. The largest absolute Gasteiger partial charge is 0.383 e. The van der Waals surface area contributed by atoms with Crippen molar-refractivity contribution in [3.63, 3.8) is 0 Å². The minimum absolute atomic E-state index is 0.219. The topological polar surface area (TPSA) is 59.4 Å². The Hall–Kier alpha value is -1.89. The van der Waals surface area contributed by atoms with E-state index < -0.39 is 0 Å². The van der Waals surface area contributed by atoms with E-state index in [1.165, 1.54) is 0 Å². The summed E-state index contributed by atoms with van der Waals surface area (Å²) in [7, 11) is 1.74. The van der Waals surface area contributed by atoms with Crippen molar-refractivity contribution in [2.45, 2.75) is 31.8 Å². The minimum atomic E-state index is -0.219. The monoisotopic (exact) mass is 376 g/mol. The Labute approximate surface area is 159 Å². The molecule has 0 spiro atoms. The average molecular weight is 377 g/mol. The SMILES string of the molecule is COC[C@H](C)N1CCC(n2nccc2NC(=O)c2ccccc2Cl)CC1. The third kappa shape index (κ3) is 4.26. The molecule has 0 radical (unpaired) electrons. The van der Waals surface area contributed by atoms with Gasteiger partial charge in [-0.25, -0.2) is 4.68 Å². The summed E-state index contributed by atoms with van der Waals surface area (Å²) in [6.45, 7) is 4.92. The first-order valence-corrected chi connectivity index (χ1v) is 9.30. The molecule has 1 N–H and O–H groups in total. The lowest BCUT2D eigenvalue weighted by Gasteiger charge is -2.36. The summed E-state index contributed by atoms with van der Waals surface area (Å²) >= 11 is 6.12. The van der Waals surface area contributed by atoms with Crippen molar-refractivity contribution < 1.29 is 9.53 Å². The van der Waals surface area contributed by atoms with Crippen LogP contribution >= 0.6 is 11.6 Å². The molecule has 26 heavy (non-hydrogen) atoms. The fraction of sp³-hybridized carbons (Fsp3) is 0.474. The number of likely N-dealkylation sites (tertiary alicyclic amines) is 1. The maximum absolute atomic E-state index is 12.5. The lowest BCUT2D eigenvalue weighted by atomic mass is 10.0. The number of carbonyl (C=O) groups excluding carboxylic acids is 1. The van der Waals surface area contributed by atoms with E-state index in [2.05, 4.69) is 22.2 Å². The standard InChI is InChI=1S/C19H25ClN4O2/c1-14(13-26-2)23-11-8-15(9-12-23)24-18(7-10-21-24)22-19(25)16-5-3-4-6-17(16)20/h3-7,10,14-15H,8-9,11-13H2,1-2H3,(H,22,25)/t14-/m0/s1. The summed E-state index contributed by atoms with van der Waals surface area (Å²) in [5.74, 6) is 0.488. The molecule has 1 atom stereocenters. The molecule has 1 saturated heterocycles. The van der Waals surface area contributed by atoms with Gasteiger partial charge in [0, 0.05) is 32.3 Å². The number of rotatable bonds is 6. The van der Waals surface area contributed by atoms with E-state index >= 15 is 0 Å². The van der Waals surface area contributed by atoms with Gasteiger partial charge >= 0.3 is 0 Å². The van der Waals surface area contributed by atoms with Crippen LogP contribution in [-0.4, -0.2) is 53.4 Å². The van der Waals surface area contributed by atoms with Gasteiger partial charge in [0.05, 0.1) is 29.4 Å². The Bertz CT molecular complexity index is 741. The predicted octanol–water partition coefficient (Wildman–Crippen LogP) is 3.46. The molecule has 1 fully saturated rings. The molecule has 140 valence electrons. The molecule has 0 bridgehead atoms. The number of halogens is 1. The fourth-order valence-corrected chi connectivity index (χ4v) is 3.67. The predicted molar refractivity (Wildman–Crippen MR) is 103 cm³/mol. The highest BCUT2D eigenvalue weighted by Crippen LogP contribution is 2.27. The molecule has 1 amide bonds. The molecule has 0 saturated carbocycles. The van der Waals surface area contributed by atoms with Gasteiger partial charge < -0.3 is 10.1 Å². The summed E-state index contributed by atoms with van der Waals surface area (Å²) in [6, 6.07) is 9.56. The average Bonchev–Trinajstić information content (AvgIpc) is 3.10. The number of amides is 1. The summed E-state index contributed by atoms with van der Waals surface area (Å²) in [5, 5.41) is 7.82. The number of hydrogen-bond donors (Lipinski definition) is 1. The van der Waals surface area contributed by atoms with E-state index in [0.717, 1.165) is 32.5 Å². The van der Waals surface area contributed by atoms with Gasteiger partial charge in [0.2, 0.25) is 0 Å². The van der Waals surface area contributed by atoms with Crippen molar-refractivity contribution in [1.82, 2.24) is 14.7 Å². The van der Waals surface area contributed by atoms with E-state index in [0.29, 0.717) is 22.4 Å². The molecule has 6 nitrogen and oxygen atoms in total. The molecule has 1 aromatic heterocycles. The number of nitrogens with one attached hydrogen (secondary N) is 1. The number of methoxy groups -OCH3 is 1. The summed E-state index contributed by atoms with van der Waals surface area (Å²) < 4.78 is 7.18. The Morgan fingerprint density at radius 1 is 1.35 bits per heavy atom. The van der Waals surface area contributed by atoms with Gasteiger partial charge in [0.15, 0.2) is 0 Å². The van der Waals surface area contributed by atoms with Crippen LogP contribution in [0.2, 0.25) is 5.02 Å². The second kappa shape index (κ2) is 8.66. The summed E-state index contributed by atoms with van der Waals surface area (Å²) in [6.07, 6.45) is 3.71. The Morgan fingerprint density at radius 3 is 2.77 bits per heavy atom. The van der Waals surface area contributed by atoms with Crippen molar-refractivity contribution in [2.24, 2.45) is 0 Å². The number of aromatic nitrogens is 2. The highest BCUT2D eigenvalue weighted by molar-refractivity contribution is 6.34. The first-order chi connectivity index (χ1) is 12.6. The number of ether oxygens (including phenoxy) is 1. The molecule has 0 aliphatic carbocycles. The molecule has 2 aromatic rings. The van der Waals surface area contributed by atoms with Crippen molar-refractivity contribution in [1.29, 1.82) is 0 Å². The highest BCUT2D eigenvalue weighted by Gasteiger charge is 2.25. The van der Waals surface area contributed by atoms with Gasteiger partial charge in [0.25, 0.3) is 5.91 Å². The lowest BCUT2D eigenvalue weighted by Crippen LogP contribution is -2.42. The molecule has 0 unspecified atom stereocenters. The van der Waals surface area contributed by atoms with Gasteiger partial charge in [-0.2, -0.15) is 5.10 Å². The minimum Gasteiger partial charge on any atom is -0.383 e. The fourth-order valence-electron chi connectivity index (χ4n) is 3.45. The second-order valence-corrected chi connectivity index (χ2v) is 7.07. The summed E-state index contributed by atoms with van der Waals surface area (Å²) in [4.78, 5) is 15.0. The van der Waals surface area contributed by atoms with Gasteiger partial charge in [-0.1, -0.05) is 23.7 Å². The Kier molecular flexibility index (Phi) is 6.29. The van der Waals surface area contributed by atoms with Crippen LogP contribution in [0.1, 0.15) is 36.2 Å². The van der Waals surface area contributed by atoms with E-state index in [1.54, 1.807) is 31.5 Å². The van der Waals surface area contributed by atoms with Crippen molar-refractivity contribution >= 4 is 23.3 Å². The molecule has 1 aromatic carbocycles. The molecular formula is C19H25ClN4O2. The van der Waals surface area contributed by atoms with E-state index in [9.17, 15) is 4.79 Å². The first kappa shape index (κ1) is 18.9. The Morgan fingerprint density at radius 2 is 2.08 bits per heavy atom. The summed E-state index contributed by atoms with van der Waals surface area (Å²) in [5.41, 5.74) is 0.463. The molecule has 1 aliphatic rings. The third-order valence-electron chi connectivity index (χ3n) is 4.91. The van der Waals surface area contributed by atoms with E-state index in [-0.39, 0.29) is 11.9 Å². The van der Waals surface area contributed by atoms with Crippen LogP contribution in [0.25, 0.3) is 0 Å². The molecule has 7 heteroatoms. The number of carbonyl (C=O) groups is 1. The van der Waals surface area contributed by atoms with Crippen molar-refractivity contribution in [3.05, 3.63) is 47.1 Å². The maximum atomic E-state index is 12.5. The first-order valence-electron chi connectivity index (χ1n) is 8.92. The number of piperidine rings is 1. The Balaban J connectivity index is 1.64. The van der Waals surface area contributed by atoms with Crippen molar-refractivity contribution in [3.8, 4) is 0 Å². The van der Waals surface area contributed by atoms with Crippen LogP contribution in [0, 0.1) is 0 Å².